The third-order valence-corrected chi connectivity index (χ3v) is 5.73. The van der Waals surface area contributed by atoms with Gasteiger partial charge in [-0.3, -0.25) is 4.79 Å². The fourth-order valence-electron chi connectivity index (χ4n) is 3.92. The zero-order chi connectivity index (χ0) is 20.8. The summed E-state index contributed by atoms with van der Waals surface area (Å²) in [4.78, 5) is 12.6. The standard InChI is InChI=1S/C24H27NO5/c26-14-21-23(16-29-15-18-5-7-19-3-1-2-4-20(19)13-18)30-25-24(21)22(27)8-6-17-9-11-28-12-10-17/h1-5,7,13,17,26H,6,8-12,14-16H2. The minimum atomic E-state index is -0.295. The average Bonchev–Trinajstić information content (AvgIpc) is 3.21. The number of nitrogens with zero attached hydrogens (tertiary/aromatic N) is 1. The molecule has 6 heteroatoms. The molecule has 1 fully saturated rings. The minimum absolute atomic E-state index is 0.0879. The Kier molecular flexibility index (Phi) is 6.89. The van der Waals surface area contributed by atoms with E-state index in [1.807, 2.05) is 18.2 Å². The Hall–Kier alpha value is -2.54. The lowest BCUT2D eigenvalue weighted by atomic mass is 9.93. The van der Waals surface area contributed by atoms with Crippen molar-refractivity contribution in [2.24, 2.45) is 5.92 Å². The van der Waals surface area contributed by atoms with Gasteiger partial charge in [0.2, 0.25) is 0 Å². The SMILES string of the molecule is O=C(CCC1CCOCC1)c1noc(COCc2ccc3ccccc3c2)c1CO. The highest BCUT2D eigenvalue weighted by Crippen LogP contribution is 2.24. The molecule has 1 aliphatic heterocycles. The van der Waals surface area contributed by atoms with E-state index in [0.29, 0.717) is 30.3 Å². The van der Waals surface area contributed by atoms with Gasteiger partial charge in [-0.15, -0.1) is 0 Å². The van der Waals surface area contributed by atoms with Gasteiger partial charge in [-0.05, 0) is 47.6 Å². The van der Waals surface area contributed by atoms with E-state index in [1.54, 1.807) is 0 Å². The van der Waals surface area contributed by atoms with Crippen LogP contribution in [0.4, 0.5) is 0 Å². The Morgan fingerprint density at radius 3 is 2.70 bits per heavy atom. The van der Waals surface area contributed by atoms with Gasteiger partial charge in [0.1, 0.15) is 6.61 Å². The van der Waals surface area contributed by atoms with E-state index in [2.05, 4.69) is 29.4 Å². The number of hydrogen-bond acceptors (Lipinski definition) is 6. The maximum absolute atomic E-state index is 12.6. The first-order valence-corrected chi connectivity index (χ1v) is 10.5. The van der Waals surface area contributed by atoms with E-state index in [0.717, 1.165) is 43.4 Å². The van der Waals surface area contributed by atoms with Crippen molar-refractivity contribution in [3.63, 3.8) is 0 Å². The van der Waals surface area contributed by atoms with Crippen LogP contribution in [-0.2, 0) is 29.3 Å². The number of aliphatic hydroxyl groups is 1. The fourth-order valence-corrected chi connectivity index (χ4v) is 3.92. The van der Waals surface area contributed by atoms with Crippen molar-refractivity contribution in [2.45, 2.75) is 45.5 Å². The Morgan fingerprint density at radius 1 is 1.10 bits per heavy atom. The smallest absolute Gasteiger partial charge is 0.185 e. The van der Waals surface area contributed by atoms with Crippen LogP contribution in [0, 0.1) is 5.92 Å². The molecule has 0 unspecified atom stereocenters. The number of carbonyl (C=O) groups excluding carboxylic acids is 1. The van der Waals surface area contributed by atoms with Crippen molar-refractivity contribution in [3.05, 3.63) is 65.0 Å². The Morgan fingerprint density at radius 2 is 1.90 bits per heavy atom. The molecular formula is C24H27NO5. The van der Waals surface area contributed by atoms with Gasteiger partial charge in [0.15, 0.2) is 17.2 Å². The van der Waals surface area contributed by atoms with E-state index >= 15 is 0 Å². The topological polar surface area (TPSA) is 81.8 Å². The molecule has 4 rings (SSSR count). The molecule has 3 aromatic rings. The van der Waals surface area contributed by atoms with Gasteiger partial charge in [-0.2, -0.15) is 0 Å². The van der Waals surface area contributed by atoms with Crippen molar-refractivity contribution < 1.29 is 23.9 Å². The molecule has 30 heavy (non-hydrogen) atoms. The first-order valence-electron chi connectivity index (χ1n) is 10.5. The molecule has 6 nitrogen and oxygen atoms in total. The normalized spacial score (nSPS) is 15.0. The molecule has 158 valence electrons. The lowest BCUT2D eigenvalue weighted by molar-refractivity contribution is 0.0618. The third-order valence-electron chi connectivity index (χ3n) is 5.73. The van der Waals surface area contributed by atoms with Crippen molar-refractivity contribution >= 4 is 16.6 Å². The largest absolute Gasteiger partial charge is 0.391 e. The third kappa shape index (κ3) is 4.95. The molecule has 0 bridgehead atoms. The van der Waals surface area contributed by atoms with E-state index < -0.39 is 0 Å². The number of rotatable bonds is 9. The first-order chi connectivity index (χ1) is 14.7. The number of fused-ring (bicyclic) bond motifs is 1. The number of hydrogen-bond donors (Lipinski definition) is 1. The molecule has 0 saturated carbocycles. The quantitative estimate of drug-likeness (QED) is 0.527. The summed E-state index contributed by atoms with van der Waals surface area (Å²) < 4.78 is 16.5. The molecule has 0 radical (unpaired) electrons. The Balaban J connectivity index is 1.33. The molecule has 0 spiro atoms. The van der Waals surface area contributed by atoms with Gasteiger partial charge in [0.05, 0.1) is 18.8 Å². The Labute approximate surface area is 175 Å². The van der Waals surface area contributed by atoms with Crippen molar-refractivity contribution in [1.82, 2.24) is 5.16 Å². The monoisotopic (exact) mass is 409 g/mol. The number of aliphatic hydroxyl groups excluding tert-OH is 1. The highest BCUT2D eigenvalue weighted by atomic mass is 16.5. The average molecular weight is 409 g/mol. The molecule has 1 N–H and O–H groups in total. The molecular weight excluding hydrogens is 382 g/mol. The van der Waals surface area contributed by atoms with Gasteiger partial charge in [-0.25, -0.2) is 0 Å². The lowest BCUT2D eigenvalue weighted by Gasteiger charge is -2.21. The molecule has 1 aliphatic rings. The minimum Gasteiger partial charge on any atom is -0.391 e. The second kappa shape index (κ2) is 9.98. The maximum atomic E-state index is 12.6. The zero-order valence-corrected chi connectivity index (χ0v) is 17.0. The zero-order valence-electron chi connectivity index (χ0n) is 17.0. The second-order valence-corrected chi connectivity index (χ2v) is 7.78. The number of benzene rings is 2. The van der Waals surface area contributed by atoms with Crippen molar-refractivity contribution in [3.8, 4) is 0 Å². The maximum Gasteiger partial charge on any atom is 0.185 e. The van der Waals surface area contributed by atoms with E-state index in [-0.39, 0.29) is 24.7 Å². The van der Waals surface area contributed by atoms with Crippen molar-refractivity contribution in [2.75, 3.05) is 13.2 Å². The summed E-state index contributed by atoms with van der Waals surface area (Å²) in [6, 6.07) is 14.3. The van der Waals surface area contributed by atoms with Gasteiger partial charge >= 0.3 is 0 Å². The van der Waals surface area contributed by atoms with Crippen LogP contribution in [0.3, 0.4) is 0 Å². The highest BCUT2D eigenvalue weighted by Gasteiger charge is 2.23. The van der Waals surface area contributed by atoms with Crippen LogP contribution in [0.15, 0.2) is 47.0 Å². The van der Waals surface area contributed by atoms with E-state index in [1.165, 1.54) is 5.39 Å². The Bertz CT molecular complexity index is 990. The second-order valence-electron chi connectivity index (χ2n) is 7.78. The summed E-state index contributed by atoms with van der Waals surface area (Å²) in [6.07, 6.45) is 3.20. The van der Waals surface area contributed by atoms with Crippen LogP contribution in [0.25, 0.3) is 10.8 Å². The fraction of sp³-hybridized carbons (Fsp3) is 0.417. The number of ether oxygens (including phenoxy) is 2. The summed E-state index contributed by atoms with van der Waals surface area (Å²) in [7, 11) is 0. The van der Waals surface area contributed by atoms with Crippen LogP contribution >= 0.6 is 0 Å². The summed E-state index contributed by atoms with van der Waals surface area (Å²) >= 11 is 0. The molecule has 0 amide bonds. The van der Waals surface area contributed by atoms with E-state index in [4.69, 9.17) is 14.0 Å². The number of aromatic nitrogens is 1. The molecule has 0 atom stereocenters. The lowest BCUT2D eigenvalue weighted by Crippen LogP contribution is -2.17. The summed E-state index contributed by atoms with van der Waals surface area (Å²) in [5, 5.41) is 16.0. The molecule has 0 aliphatic carbocycles. The van der Waals surface area contributed by atoms with Crippen molar-refractivity contribution in [1.29, 1.82) is 0 Å². The predicted octanol–water partition coefficient (Wildman–Crippen LogP) is 4.43. The van der Waals surface area contributed by atoms with Crippen LogP contribution < -0.4 is 0 Å². The van der Waals surface area contributed by atoms with Gasteiger partial charge in [0.25, 0.3) is 0 Å². The summed E-state index contributed by atoms with van der Waals surface area (Å²) in [5.41, 5.74) is 1.71. The predicted molar refractivity (Wildman–Crippen MR) is 112 cm³/mol. The van der Waals surface area contributed by atoms with Crippen LogP contribution in [0.2, 0.25) is 0 Å². The molecule has 1 aromatic heterocycles. The molecule has 1 saturated heterocycles. The number of ketones is 1. The molecule has 2 heterocycles. The summed E-state index contributed by atoms with van der Waals surface area (Å²) in [6.45, 7) is 1.80. The first kappa shape index (κ1) is 20.7. The van der Waals surface area contributed by atoms with Gasteiger partial charge in [0, 0.05) is 19.6 Å². The highest BCUT2D eigenvalue weighted by molar-refractivity contribution is 5.95. The summed E-state index contributed by atoms with van der Waals surface area (Å²) in [5.74, 6) is 0.833. The van der Waals surface area contributed by atoms with Crippen LogP contribution in [-0.4, -0.2) is 29.3 Å². The van der Waals surface area contributed by atoms with Crippen LogP contribution in [0.5, 0.6) is 0 Å². The molecule has 2 aromatic carbocycles. The van der Waals surface area contributed by atoms with E-state index in [9.17, 15) is 9.90 Å². The van der Waals surface area contributed by atoms with Gasteiger partial charge < -0.3 is 19.1 Å². The number of Topliss-reactive ketones (excluding diaryl/α,β-unsaturated/α-hetero) is 1. The van der Waals surface area contributed by atoms with Gasteiger partial charge in [-0.1, -0.05) is 41.6 Å². The number of carbonyl (C=O) groups is 1. The van der Waals surface area contributed by atoms with Crippen LogP contribution in [0.1, 0.15) is 53.1 Å².